The Morgan fingerprint density at radius 3 is 2.33 bits per heavy atom. The van der Waals surface area contributed by atoms with E-state index in [2.05, 4.69) is 18.7 Å². The Morgan fingerprint density at radius 1 is 1.33 bits per heavy atom. The third kappa shape index (κ3) is 5.53. The van der Waals surface area contributed by atoms with Gasteiger partial charge in [0, 0.05) is 32.2 Å². The van der Waals surface area contributed by atoms with Gasteiger partial charge in [0.05, 0.1) is 6.61 Å². The van der Waals surface area contributed by atoms with E-state index in [0.29, 0.717) is 12.0 Å². The number of hydrogen-bond donors (Lipinski definition) is 1. The Morgan fingerprint density at radius 2 is 1.90 bits per heavy atom. The molecule has 21 heavy (non-hydrogen) atoms. The molecule has 1 saturated carbocycles. The van der Waals surface area contributed by atoms with Gasteiger partial charge in [-0.05, 0) is 31.6 Å². The summed E-state index contributed by atoms with van der Waals surface area (Å²) in [6.45, 7) is 10.4. The van der Waals surface area contributed by atoms with E-state index < -0.39 is 0 Å². The Labute approximate surface area is 127 Å². The number of rotatable bonds is 2. The van der Waals surface area contributed by atoms with E-state index >= 15 is 0 Å². The molecule has 1 saturated heterocycles. The zero-order valence-electron chi connectivity index (χ0n) is 13.4. The van der Waals surface area contributed by atoms with E-state index in [9.17, 15) is 4.79 Å². The number of carboxylic acid groups (broad SMARTS) is 1. The lowest BCUT2D eigenvalue weighted by atomic mass is 9.91. The molecule has 0 spiro atoms. The summed E-state index contributed by atoms with van der Waals surface area (Å²) in [7, 11) is 0. The molecule has 6 heteroatoms. The van der Waals surface area contributed by atoms with Crippen molar-refractivity contribution in [3.05, 3.63) is 0 Å². The monoisotopic (exact) mass is 300 g/mol. The predicted molar refractivity (Wildman–Crippen MR) is 80.3 cm³/mol. The molecular weight excluding hydrogens is 272 g/mol. The molecule has 0 aromatic heterocycles. The van der Waals surface area contributed by atoms with Crippen LogP contribution in [-0.4, -0.2) is 66.3 Å². The van der Waals surface area contributed by atoms with Crippen molar-refractivity contribution in [3.8, 4) is 0 Å². The van der Waals surface area contributed by atoms with Crippen LogP contribution in [0.5, 0.6) is 0 Å². The Hall–Kier alpha value is -1.30. The lowest BCUT2D eigenvalue weighted by Crippen LogP contribution is -2.51. The fourth-order valence-electron chi connectivity index (χ4n) is 3.20. The molecule has 0 bridgehead atoms. The third-order valence-electron chi connectivity index (χ3n) is 4.30. The normalized spacial score (nSPS) is 24.9. The van der Waals surface area contributed by atoms with Gasteiger partial charge < -0.3 is 14.7 Å². The number of carbonyl (C=O) groups excluding carboxylic acids is 1. The minimum atomic E-state index is -0.250. The molecule has 1 atom stereocenters. The molecule has 1 aliphatic carbocycles. The molecule has 1 heterocycles. The van der Waals surface area contributed by atoms with Crippen LogP contribution in [0.25, 0.3) is 0 Å². The summed E-state index contributed by atoms with van der Waals surface area (Å²) >= 11 is 0. The minimum absolute atomic E-state index is 0.149. The number of amides is 1. The van der Waals surface area contributed by atoms with Gasteiger partial charge in [0.1, 0.15) is 0 Å². The predicted octanol–water partition coefficient (Wildman–Crippen LogP) is 2.04. The topological polar surface area (TPSA) is 70.1 Å². The standard InChI is InChI=1S/C14H26N2O2.CH2O2/c1-4-18-13(17)16-9-7-15(8-10-16)12-5-6-14(2,3)11-12;2-1-3/h12H,4-11H2,1-3H3;1H,(H,2,3). The highest BCUT2D eigenvalue weighted by molar-refractivity contribution is 5.67. The zero-order chi connectivity index (χ0) is 15.9. The van der Waals surface area contributed by atoms with Crippen LogP contribution in [0.4, 0.5) is 4.79 Å². The van der Waals surface area contributed by atoms with Gasteiger partial charge in [-0.25, -0.2) is 4.79 Å². The van der Waals surface area contributed by atoms with E-state index in [1.54, 1.807) is 0 Å². The van der Waals surface area contributed by atoms with Gasteiger partial charge in [0.15, 0.2) is 0 Å². The first-order chi connectivity index (χ1) is 9.93. The van der Waals surface area contributed by atoms with Gasteiger partial charge in [-0.1, -0.05) is 13.8 Å². The van der Waals surface area contributed by atoms with Crippen LogP contribution in [0.15, 0.2) is 0 Å². The quantitative estimate of drug-likeness (QED) is 0.790. The highest BCUT2D eigenvalue weighted by Crippen LogP contribution is 2.39. The molecule has 1 aliphatic heterocycles. The summed E-state index contributed by atoms with van der Waals surface area (Å²) in [6.07, 6.45) is 3.79. The number of piperazine rings is 1. The van der Waals surface area contributed by atoms with Crippen molar-refractivity contribution in [1.29, 1.82) is 0 Å². The summed E-state index contributed by atoms with van der Waals surface area (Å²) in [5.74, 6) is 0. The van der Waals surface area contributed by atoms with Crippen LogP contribution in [-0.2, 0) is 9.53 Å². The largest absolute Gasteiger partial charge is 0.483 e. The van der Waals surface area contributed by atoms with Crippen LogP contribution in [0.1, 0.15) is 40.0 Å². The lowest BCUT2D eigenvalue weighted by Gasteiger charge is -2.37. The number of hydrogen-bond acceptors (Lipinski definition) is 4. The van der Waals surface area contributed by atoms with E-state index in [0.717, 1.165) is 32.2 Å². The summed E-state index contributed by atoms with van der Waals surface area (Å²) < 4.78 is 5.04. The third-order valence-corrected chi connectivity index (χ3v) is 4.30. The molecule has 0 radical (unpaired) electrons. The number of ether oxygens (including phenoxy) is 1. The zero-order valence-corrected chi connectivity index (χ0v) is 13.4. The Balaban J connectivity index is 0.000000677. The highest BCUT2D eigenvalue weighted by atomic mass is 16.6. The van der Waals surface area contributed by atoms with E-state index in [4.69, 9.17) is 14.6 Å². The van der Waals surface area contributed by atoms with Gasteiger partial charge in [-0.2, -0.15) is 0 Å². The maximum absolute atomic E-state index is 11.6. The van der Waals surface area contributed by atoms with Gasteiger partial charge in [-0.3, -0.25) is 9.69 Å². The fraction of sp³-hybridized carbons (Fsp3) is 0.867. The number of nitrogens with zero attached hydrogens (tertiary/aromatic N) is 2. The SMILES string of the molecule is CCOC(=O)N1CCN(C2CCC(C)(C)C2)CC1.O=CO. The lowest BCUT2D eigenvalue weighted by molar-refractivity contribution is -0.122. The van der Waals surface area contributed by atoms with Crippen molar-refractivity contribution in [2.24, 2.45) is 5.41 Å². The molecule has 1 N–H and O–H groups in total. The van der Waals surface area contributed by atoms with Crippen molar-refractivity contribution in [2.75, 3.05) is 32.8 Å². The molecule has 2 fully saturated rings. The summed E-state index contributed by atoms with van der Waals surface area (Å²) in [6, 6.07) is 0.726. The summed E-state index contributed by atoms with van der Waals surface area (Å²) in [5.41, 5.74) is 0.503. The van der Waals surface area contributed by atoms with Crippen molar-refractivity contribution in [1.82, 2.24) is 9.80 Å². The van der Waals surface area contributed by atoms with Crippen LogP contribution in [0.2, 0.25) is 0 Å². The van der Waals surface area contributed by atoms with Crippen LogP contribution >= 0.6 is 0 Å². The van der Waals surface area contributed by atoms with Crippen molar-refractivity contribution < 1.29 is 19.4 Å². The van der Waals surface area contributed by atoms with Gasteiger partial charge in [0.2, 0.25) is 0 Å². The Kier molecular flexibility index (Phi) is 6.95. The number of carbonyl (C=O) groups is 2. The first-order valence-electron chi connectivity index (χ1n) is 7.67. The van der Waals surface area contributed by atoms with Crippen LogP contribution in [0.3, 0.4) is 0 Å². The smallest absolute Gasteiger partial charge is 0.409 e. The Bertz CT molecular complexity index is 339. The molecular formula is C15H28N2O4. The van der Waals surface area contributed by atoms with Gasteiger partial charge in [0.25, 0.3) is 6.47 Å². The van der Waals surface area contributed by atoms with Crippen molar-refractivity contribution >= 4 is 12.6 Å². The average molecular weight is 300 g/mol. The first kappa shape index (κ1) is 17.8. The van der Waals surface area contributed by atoms with Gasteiger partial charge >= 0.3 is 6.09 Å². The van der Waals surface area contributed by atoms with E-state index in [1.165, 1.54) is 19.3 Å². The van der Waals surface area contributed by atoms with Crippen LogP contribution in [0, 0.1) is 5.41 Å². The second kappa shape index (κ2) is 8.22. The molecule has 1 amide bonds. The van der Waals surface area contributed by atoms with E-state index in [1.807, 2.05) is 11.8 Å². The molecule has 2 aliphatic rings. The highest BCUT2D eigenvalue weighted by Gasteiger charge is 2.35. The van der Waals surface area contributed by atoms with Crippen LogP contribution < -0.4 is 0 Å². The van der Waals surface area contributed by atoms with Gasteiger partial charge in [-0.15, -0.1) is 0 Å². The molecule has 0 aromatic carbocycles. The maximum atomic E-state index is 11.6. The molecule has 1 unspecified atom stereocenters. The second-order valence-corrected chi connectivity index (χ2v) is 6.39. The minimum Gasteiger partial charge on any atom is -0.483 e. The van der Waals surface area contributed by atoms with Crippen molar-refractivity contribution in [3.63, 3.8) is 0 Å². The maximum Gasteiger partial charge on any atom is 0.409 e. The average Bonchev–Trinajstić information content (AvgIpc) is 2.80. The summed E-state index contributed by atoms with van der Waals surface area (Å²) in [5, 5.41) is 6.89. The molecule has 122 valence electrons. The first-order valence-corrected chi connectivity index (χ1v) is 7.67. The fourth-order valence-corrected chi connectivity index (χ4v) is 3.20. The second-order valence-electron chi connectivity index (χ2n) is 6.39. The molecule has 2 rings (SSSR count). The van der Waals surface area contributed by atoms with Crippen molar-refractivity contribution in [2.45, 2.75) is 46.1 Å². The summed E-state index contributed by atoms with van der Waals surface area (Å²) in [4.78, 5) is 24.4. The molecule has 0 aromatic rings. The molecule has 6 nitrogen and oxygen atoms in total. The van der Waals surface area contributed by atoms with E-state index in [-0.39, 0.29) is 12.6 Å².